The number of likely N-dealkylation sites (tertiary alicyclic amines) is 2. The maximum atomic E-state index is 13.6. The highest BCUT2D eigenvalue weighted by Crippen LogP contribution is 2.30. The number of sulfonamides is 1. The van der Waals surface area contributed by atoms with E-state index in [1.54, 1.807) is 35.8 Å². The number of nitrogens with zero attached hydrogens (tertiary/aromatic N) is 2. The number of piperidine rings is 2. The molecule has 56 heavy (non-hydrogen) atoms. The van der Waals surface area contributed by atoms with E-state index in [9.17, 15) is 32.4 Å². The molecule has 2 heterocycles. The van der Waals surface area contributed by atoms with Gasteiger partial charge in [-0.1, -0.05) is 12.1 Å². The molecule has 1 atom stereocenters. The van der Waals surface area contributed by atoms with Crippen molar-refractivity contribution in [2.24, 2.45) is 17.8 Å². The molecule has 3 N–H and O–H groups in total. The Balaban J connectivity index is 1.58. The van der Waals surface area contributed by atoms with Crippen molar-refractivity contribution in [3.05, 3.63) is 29.8 Å². The van der Waals surface area contributed by atoms with Crippen LogP contribution in [0.1, 0.15) is 105 Å². The first-order valence-electron chi connectivity index (χ1n) is 19.9. The van der Waals surface area contributed by atoms with Gasteiger partial charge in [0.15, 0.2) is 0 Å². The molecule has 316 valence electrons. The van der Waals surface area contributed by atoms with Crippen molar-refractivity contribution in [1.29, 1.82) is 0 Å². The highest BCUT2D eigenvalue weighted by Gasteiger charge is 2.31. The molecule has 16 heteroatoms. The van der Waals surface area contributed by atoms with Gasteiger partial charge in [0.2, 0.25) is 21.8 Å². The quantitative estimate of drug-likeness (QED) is 0.153. The molecule has 2 fully saturated rings. The first-order valence-corrected chi connectivity index (χ1v) is 21.4. The van der Waals surface area contributed by atoms with Gasteiger partial charge in [-0.25, -0.2) is 18.0 Å². The number of nitrogens with one attached hydrogen (secondary N) is 3. The number of carbonyl (C=O) groups is 5. The van der Waals surface area contributed by atoms with E-state index < -0.39 is 39.1 Å². The van der Waals surface area contributed by atoms with Gasteiger partial charge in [-0.3, -0.25) is 14.4 Å². The van der Waals surface area contributed by atoms with Gasteiger partial charge in [0, 0.05) is 38.6 Å². The summed E-state index contributed by atoms with van der Waals surface area (Å²) in [6.45, 7) is 16.0. The van der Waals surface area contributed by atoms with Crippen LogP contribution in [0, 0.1) is 24.7 Å². The summed E-state index contributed by atoms with van der Waals surface area (Å²) in [6.07, 6.45) is 5.34. The summed E-state index contributed by atoms with van der Waals surface area (Å²) in [4.78, 5) is 67.9. The van der Waals surface area contributed by atoms with Crippen LogP contribution in [0.5, 0.6) is 0 Å². The zero-order chi connectivity index (χ0) is 41.7. The predicted octanol–water partition coefficient (Wildman–Crippen LogP) is 4.91. The second-order valence-electron chi connectivity index (χ2n) is 16.9. The van der Waals surface area contributed by atoms with Gasteiger partial charge >= 0.3 is 18.2 Å². The molecule has 0 aliphatic carbocycles. The van der Waals surface area contributed by atoms with Crippen molar-refractivity contribution < 1.29 is 46.6 Å². The summed E-state index contributed by atoms with van der Waals surface area (Å²) in [5.74, 6) is -1.42. The Hall–Kier alpha value is -3.92. The lowest BCUT2D eigenvalue weighted by Gasteiger charge is -2.34. The maximum Gasteiger partial charge on any atom is 0.410 e. The van der Waals surface area contributed by atoms with Crippen molar-refractivity contribution in [2.45, 2.75) is 129 Å². The van der Waals surface area contributed by atoms with Crippen molar-refractivity contribution in [3.63, 3.8) is 0 Å². The van der Waals surface area contributed by atoms with Crippen LogP contribution >= 0.6 is 0 Å². The molecule has 2 saturated heterocycles. The molecule has 1 aromatic rings. The summed E-state index contributed by atoms with van der Waals surface area (Å²) < 4.78 is 44.6. The number of rotatable bonds is 16. The third-order valence-electron chi connectivity index (χ3n) is 9.84. The van der Waals surface area contributed by atoms with Crippen molar-refractivity contribution >= 4 is 40.0 Å². The number of aryl methyl sites for hydroxylation is 1. The lowest BCUT2D eigenvalue weighted by Crippen LogP contribution is -2.50. The lowest BCUT2D eigenvalue weighted by atomic mass is 9.84. The molecule has 15 nitrogen and oxygen atoms in total. The Morgan fingerprint density at radius 2 is 1.30 bits per heavy atom. The van der Waals surface area contributed by atoms with Crippen molar-refractivity contribution in [3.8, 4) is 0 Å². The van der Waals surface area contributed by atoms with Crippen molar-refractivity contribution in [2.75, 3.05) is 45.9 Å². The van der Waals surface area contributed by atoms with Gasteiger partial charge in [0.25, 0.3) is 0 Å². The number of hydrogen-bond donors (Lipinski definition) is 3. The van der Waals surface area contributed by atoms with Gasteiger partial charge in [0.05, 0.1) is 18.0 Å². The zero-order valence-corrected chi connectivity index (χ0v) is 35.4. The minimum absolute atomic E-state index is 0.0125. The molecular formula is C40H65N5O10S. The predicted molar refractivity (Wildman–Crippen MR) is 211 cm³/mol. The Bertz CT molecular complexity index is 1540. The first kappa shape index (κ1) is 46.5. The molecule has 0 radical (unpaired) electrons. The van der Waals surface area contributed by atoms with Crippen LogP contribution < -0.4 is 15.4 Å². The molecule has 2 aliphatic rings. The third kappa shape index (κ3) is 16.3. The van der Waals surface area contributed by atoms with E-state index in [1.165, 1.54) is 12.1 Å². The Morgan fingerprint density at radius 1 is 0.804 bits per heavy atom. The van der Waals surface area contributed by atoms with E-state index in [0.717, 1.165) is 44.1 Å². The standard InChI is InChI=1S/C40H65N5O10S/c1-9-53-36(48)33(43-56(51,52)32-12-10-11-28(2)25-32)26-41-34(46)27-42-35(47)31(15-13-29-17-21-44(22-18-29)37(49)54-39(3,4)5)16-14-30-19-23-45(24-20-30)38(50)55-40(6,7)8/h10-12,25,29-31,33,43H,9,13-24,26-27H2,1-8H3,(H,41,46)(H,42,47)/t33-/m0/s1. The summed E-state index contributed by atoms with van der Waals surface area (Å²) in [5, 5.41) is 5.32. The smallest absolute Gasteiger partial charge is 0.410 e. The number of hydrogen-bond acceptors (Lipinski definition) is 10. The van der Waals surface area contributed by atoms with Crippen LogP contribution in [-0.2, 0) is 38.6 Å². The zero-order valence-electron chi connectivity index (χ0n) is 34.6. The van der Waals surface area contributed by atoms with E-state index in [-0.39, 0.29) is 48.6 Å². The highest BCUT2D eigenvalue weighted by atomic mass is 32.2. The molecule has 0 bridgehead atoms. The van der Waals surface area contributed by atoms with Crippen LogP contribution in [0.15, 0.2) is 29.2 Å². The molecule has 1 aromatic carbocycles. The maximum absolute atomic E-state index is 13.6. The number of ether oxygens (including phenoxy) is 3. The van der Waals surface area contributed by atoms with Crippen LogP contribution in [0.3, 0.4) is 0 Å². The summed E-state index contributed by atoms with van der Waals surface area (Å²) in [6, 6.07) is 4.81. The summed E-state index contributed by atoms with van der Waals surface area (Å²) >= 11 is 0. The van der Waals surface area contributed by atoms with E-state index in [1.807, 2.05) is 41.5 Å². The molecule has 0 aromatic heterocycles. The number of benzene rings is 1. The van der Waals surface area contributed by atoms with Crippen LogP contribution in [0.4, 0.5) is 9.59 Å². The Labute approximate surface area is 333 Å². The normalized spacial score (nSPS) is 16.6. The van der Waals surface area contributed by atoms with Gasteiger partial charge in [-0.15, -0.1) is 0 Å². The number of amides is 4. The average Bonchev–Trinajstić information content (AvgIpc) is 3.11. The average molecular weight is 808 g/mol. The fraction of sp³-hybridized carbons (Fsp3) is 0.725. The second-order valence-corrected chi connectivity index (χ2v) is 18.7. The molecule has 4 amide bonds. The highest BCUT2D eigenvalue weighted by molar-refractivity contribution is 7.89. The molecule has 0 spiro atoms. The molecule has 3 rings (SSSR count). The molecular weight excluding hydrogens is 743 g/mol. The topological polar surface area (TPSA) is 190 Å². The fourth-order valence-corrected chi connectivity index (χ4v) is 8.07. The molecule has 0 saturated carbocycles. The van der Waals surface area contributed by atoms with Gasteiger partial charge < -0.3 is 34.6 Å². The van der Waals surface area contributed by atoms with E-state index in [4.69, 9.17) is 14.2 Å². The number of esters is 1. The second kappa shape index (κ2) is 21.0. The van der Waals surface area contributed by atoms with E-state index >= 15 is 0 Å². The Morgan fingerprint density at radius 3 is 1.75 bits per heavy atom. The van der Waals surface area contributed by atoms with Crippen LogP contribution in [0.2, 0.25) is 0 Å². The van der Waals surface area contributed by atoms with Crippen LogP contribution in [0.25, 0.3) is 0 Å². The summed E-state index contributed by atoms with van der Waals surface area (Å²) in [7, 11) is -4.11. The van der Waals surface area contributed by atoms with Crippen LogP contribution in [-0.4, -0.2) is 111 Å². The van der Waals surface area contributed by atoms with Crippen molar-refractivity contribution in [1.82, 2.24) is 25.2 Å². The lowest BCUT2D eigenvalue weighted by molar-refractivity contribution is -0.145. The number of carbonyl (C=O) groups excluding carboxylic acids is 5. The van der Waals surface area contributed by atoms with E-state index in [2.05, 4.69) is 15.4 Å². The SMILES string of the molecule is CCOC(=O)[C@H](CNC(=O)CNC(=O)C(CCC1CCN(C(=O)OC(C)(C)C)CC1)CCC1CCN(C(=O)OC(C)(C)C)CC1)NS(=O)(=O)c1cccc(C)c1. The van der Waals surface area contributed by atoms with E-state index in [0.29, 0.717) is 50.9 Å². The minimum atomic E-state index is -4.11. The third-order valence-corrected chi connectivity index (χ3v) is 11.3. The summed E-state index contributed by atoms with van der Waals surface area (Å²) in [5.41, 5.74) is -0.422. The first-order chi connectivity index (χ1) is 26.2. The van der Waals surface area contributed by atoms with Gasteiger partial charge in [0.1, 0.15) is 17.2 Å². The Kier molecular flexibility index (Phi) is 17.4. The van der Waals surface area contributed by atoms with Gasteiger partial charge in [-0.2, -0.15) is 4.72 Å². The minimum Gasteiger partial charge on any atom is -0.465 e. The largest absolute Gasteiger partial charge is 0.465 e. The van der Waals surface area contributed by atoms with Gasteiger partial charge in [-0.05, 0) is 136 Å². The molecule has 0 unspecified atom stereocenters. The fourth-order valence-electron chi connectivity index (χ4n) is 6.79. The monoisotopic (exact) mass is 807 g/mol. The molecule has 2 aliphatic heterocycles.